The highest BCUT2D eigenvalue weighted by atomic mass is 35.5. The summed E-state index contributed by atoms with van der Waals surface area (Å²) in [5, 5.41) is 0.754. The summed E-state index contributed by atoms with van der Waals surface area (Å²) in [6.07, 6.45) is 0. The molecule has 0 saturated heterocycles. The van der Waals surface area contributed by atoms with Gasteiger partial charge in [-0.15, -0.1) is 11.6 Å². The average Bonchev–Trinajstić information content (AvgIpc) is 2.40. The molecule has 0 spiro atoms. The van der Waals surface area contributed by atoms with E-state index in [1.165, 1.54) is 5.56 Å². The van der Waals surface area contributed by atoms with Crippen LogP contribution in [-0.4, -0.2) is 12.0 Å². The van der Waals surface area contributed by atoms with Gasteiger partial charge in [0.25, 0.3) is 0 Å². The maximum atomic E-state index is 5.89. The molecule has 0 unspecified atom stereocenters. The van der Waals surface area contributed by atoms with Crippen LogP contribution in [0.2, 0.25) is 5.02 Å². The molecule has 1 aromatic heterocycles. The van der Waals surface area contributed by atoms with Crippen LogP contribution in [0.1, 0.15) is 16.8 Å². The van der Waals surface area contributed by atoms with Crippen LogP contribution in [0.25, 0.3) is 0 Å². The third kappa shape index (κ3) is 3.85. The highest BCUT2D eigenvalue weighted by molar-refractivity contribution is 6.30. The van der Waals surface area contributed by atoms with Crippen LogP contribution >= 0.6 is 23.2 Å². The zero-order valence-electron chi connectivity index (χ0n) is 11.0. The number of pyridine rings is 1. The Morgan fingerprint density at radius 2 is 1.79 bits per heavy atom. The van der Waals surface area contributed by atoms with Crippen molar-refractivity contribution in [1.29, 1.82) is 0 Å². The Morgan fingerprint density at radius 3 is 2.42 bits per heavy atom. The van der Waals surface area contributed by atoms with Crippen LogP contribution in [-0.2, 0) is 12.4 Å². The summed E-state index contributed by atoms with van der Waals surface area (Å²) in [7, 11) is 2.02. The first-order valence-corrected chi connectivity index (χ1v) is 6.99. The van der Waals surface area contributed by atoms with E-state index in [0.717, 1.165) is 28.6 Å². The van der Waals surface area contributed by atoms with E-state index in [4.69, 9.17) is 23.2 Å². The minimum Gasteiger partial charge on any atom is -0.355 e. The molecule has 0 saturated carbocycles. The fraction of sp³-hybridized carbons (Fsp3) is 0.267. The van der Waals surface area contributed by atoms with E-state index in [-0.39, 0.29) is 0 Å². The predicted molar refractivity (Wildman–Crippen MR) is 82.1 cm³/mol. The number of benzene rings is 1. The monoisotopic (exact) mass is 294 g/mol. The van der Waals surface area contributed by atoms with Crippen molar-refractivity contribution in [2.75, 3.05) is 11.9 Å². The Morgan fingerprint density at radius 1 is 1.11 bits per heavy atom. The number of hydrogen-bond acceptors (Lipinski definition) is 2. The minimum atomic E-state index is 0.505. The second-order valence-corrected chi connectivity index (χ2v) is 5.29. The van der Waals surface area contributed by atoms with Gasteiger partial charge in [-0.2, -0.15) is 0 Å². The summed E-state index contributed by atoms with van der Waals surface area (Å²) in [5.74, 6) is 1.44. The van der Waals surface area contributed by atoms with Crippen molar-refractivity contribution in [2.45, 2.75) is 19.3 Å². The van der Waals surface area contributed by atoms with Crippen LogP contribution < -0.4 is 4.90 Å². The lowest BCUT2D eigenvalue weighted by atomic mass is 10.2. The Bertz CT molecular complexity index is 553. The van der Waals surface area contributed by atoms with E-state index < -0.39 is 0 Å². The average molecular weight is 295 g/mol. The molecule has 0 aliphatic carbocycles. The number of aromatic nitrogens is 1. The topological polar surface area (TPSA) is 16.1 Å². The van der Waals surface area contributed by atoms with Gasteiger partial charge in [-0.1, -0.05) is 23.7 Å². The number of halogens is 2. The number of aryl methyl sites for hydroxylation is 1. The van der Waals surface area contributed by atoms with E-state index >= 15 is 0 Å². The van der Waals surface area contributed by atoms with Crippen molar-refractivity contribution in [3.05, 3.63) is 58.2 Å². The Balaban J connectivity index is 2.17. The standard InChI is InChI=1S/C15H16Cl2N2/c1-11-7-13(9-16)8-15(18-11)19(2)10-12-3-5-14(17)6-4-12/h3-8H,9-10H2,1-2H3. The molecule has 0 amide bonds. The minimum absolute atomic E-state index is 0.505. The maximum Gasteiger partial charge on any atom is 0.129 e. The first-order chi connectivity index (χ1) is 9.08. The quantitative estimate of drug-likeness (QED) is 0.776. The number of hydrogen-bond donors (Lipinski definition) is 0. The Kier molecular flexibility index (Phi) is 4.67. The molecule has 0 fully saturated rings. The highest BCUT2D eigenvalue weighted by Crippen LogP contribution is 2.18. The lowest BCUT2D eigenvalue weighted by molar-refractivity contribution is 0.890. The molecule has 2 nitrogen and oxygen atoms in total. The molecule has 0 atom stereocenters. The van der Waals surface area contributed by atoms with Gasteiger partial charge in [0.2, 0.25) is 0 Å². The van der Waals surface area contributed by atoms with Gasteiger partial charge in [0.1, 0.15) is 5.82 Å². The van der Waals surface area contributed by atoms with Crippen molar-refractivity contribution in [3.63, 3.8) is 0 Å². The van der Waals surface area contributed by atoms with E-state index in [9.17, 15) is 0 Å². The zero-order chi connectivity index (χ0) is 13.8. The second-order valence-electron chi connectivity index (χ2n) is 4.59. The number of anilines is 1. The van der Waals surface area contributed by atoms with Crippen molar-refractivity contribution in [1.82, 2.24) is 4.98 Å². The van der Waals surface area contributed by atoms with E-state index in [1.807, 2.05) is 50.4 Å². The third-order valence-electron chi connectivity index (χ3n) is 2.88. The molecule has 1 heterocycles. The Labute approximate surface area is 124 Å². The normalized spacial score (nSPS) is 10.5. The van der Waals surface area contributed by atoms with Gasteiger partial charge >= 0.3 is 0 Å². The lowest BCUT2D eigenvalue weighted by Crippen LogP contribution is -2.18. The van der Waals surface area contributed by atoms with Gasteiger partial charge in [-0.3, -0.25) is 0 Å². The molecule has 4 heteroatoms. The molecule has 0 bridgehead atoms. The smallest absolute Gasteiger partial charge is 0.129 e. The summed E-state index contributed by atoms with van der Waals surface area (Å²) in [4.78, 5) is 6.64. The van der Waals surface area contributed by atoms with Crippen molar-refractivity contribution in [2.24, 2.45) is 0 Å². The number of nitrogens with zero attached hydrogens (tertiary/aromatic N) is 2. The van der Waals surface area contributed by atoms with Crippen molar-refractivity contribution >= 4 is 29.0 Å². The fourth-order valence-electron chi connectivity index (χ4n) is 1.94. The molecule has 0 N–H and O–H groups in total. The first-order valence-electron chi connectivity index (χ1n) is 6.07. The van der Waals surface area contributed by atoms with Crippen LogP contribution in [0.4, 0.5) is 5.82 Å². The predicted octanol–water partition coefficient (Wildman–Crippen LogP) is 4.42. The summed E-state index contributed by atoms with van der Waals surface area (Å²) < 4.78 is 0. The maximum absolute atomic E-state index is 5.89. The summed E-state index contributed by atoms with van der Waals surface area (Å²) in [5.41, 5.74) is 3.27. The van der Waals surface area contributed by atoms with E-state index in [2.05, 4.69) is 9.88 Å². The number of rotatable bonds is 4. The van der Waals surface area contributed by atoms with Gasteiger partial charge in [-0.25, -0.2) is 4.98 Å². The third-order valence-corrected chi connectivity index (χ3v) is 3.44. The molecule has 0 radical (unpaired) electrons. The molecule has 100 valence electrons. The highest BCUT2D eigenvalue weighted by Gasteiger charge is 2.06. The SMILES string of the molecule is Cc1cc(CCl)cc(N(C)Cc2ccc(Cl)cc2)n1. The van der Waals surface area contributed by atoms with Crippen LogP contribution in [0.5, 0.6) is 0 Å². The molecular formula is C15H16Cl2N2. The Hall–Kier alpha value is -1.25. The first kappa shape index (κ1) is 14.2. The summed E-state index contributed by atoms with van der Waals surface area (Å²) in [6.45, 7) is 2.77. The molecule has 0 aliphatic heterocycles. The molecule has 1 aromatic carbocycles. The molecule has 2 rings (SSSR count). The zero-order valence-corrected chi connectivity index (χ0v) is 12.5. The molecular weight excluding hydrogens is 279 g/mol. The van der Waals surface area contributed by atoms with Crippen LogP contribution in [0.3, 0.4) is 0 Å². The lowest BCUT2D eigenvalue weighted by Gasteiger charge is -2.19. The van der Waals surface area contributed by atoms with Crippen molar-refractivity contribution < 1.29 is 0 Å². The van der Waals surface area contributed by atoms with Gasteiger partial charge < -0.3 is 4.90 Å². The largest absolute Gasteiger partial charge is 0.355 e. The van der Waals surface area contributed by atoms with Gasteiger partial charge in [-0.05, 0) is 42.3 Å². The summed E-state index contributed by atoms with van der Waals surface area (Å²) in [6, 6.07) is 11.9. The van der Waals surface area contributed by atoms with Crippen molar-refractivity contribution in [3.8, 4) is 0 Å². The van der Waals surface area contributed by atoms with Crippen LogP contribution in [0, 0.1) is 6.92 Å². The fourth-order valence-corrected chi connectivity index (χ4v) is 2.22. The van der Waals surface area contributed by atoms with Gasteiger partial charge in [0, 0.05) is 30.2 Å². The van der Waals surface area contributed by atoms with Crippen LogP contribution in [0.15, 0.2) is 36.4 Å². The molecule has 0 aliphatic rings. The summed E-state index contributed by atoms with van der Waals surface area (Å²) >= 11 is 11.8. The molecule has 19 heavy (non-hydrogen) atoms. The second kappa shape index (κ2) is 6.27. The number of alkyl halides is 1. The molecule has 2 aromatic rings. The van der Waals surface area contributed by atoms with Gasteiger partial charge in [0.05, 0.1) is 0 Å². The van der Waals surface area contributed by atoms with E-state index in [0.29, 0.717) is 5.88 Å². The van der Waals surface area contributed by atoms with Gasteiger partial charge in [0.15, 0.2) is 0 Å². The van der Waals surface area contributed by atoms with E-state index in [1.54, 1.807) is 0 Å².